The van der Waals surface area contributed by atoms with Gasteiger partial charge >= 0.3 is 0 Å². The molecule has 0 aliphatic carbocycles. The average Bonchev–Trinajstić information content (AvgIpc) is 3.12. The molecule has 4 aromatic carbocycles. The van der Waals surface area contributed by atoms with E-state index in [-0.39, 0.29) is 0 Å². The van der Waals surface area contributed by atoms with Crippen molar-refractivity contribution in [3.8, 4) is 0 Å². The van der Waals surface area contributed by atoms with Crippen LogP contribution in [-0.2, 0) is 0 Å². The van der Waals surface area contributed by atoms with Crippen LogP contribution in [0, 0.1) is 5.92 Å². The molecule has 0 unspecified atom stereocenters. The molecule has 0 saturated carbocycles. The lowest BCUT2D eigenvalue weighted by molar-refractivity contribution is -0.0609. The Morgan fingerprint density at radius 3 is 2.21 bits per heavy atom. The molecule has 28 heavy (non-hydrogen) atoms. The zero-order valence-electron chi connectivity index (χ0n) is 15.4. The van der Waals surface area contributed by atoms with Crippen LogP contribution in [0.15, 0.2) is 54.6 Å². The molecule has 0 bridgehead atoms. The lowest BCUT2D eigenvalue weighted by Crippen LogP contribution is -2.41. The van der Waals surface area contributed by atoms with Crippen LogP contribution in [0.2, 0.25) is 0 Å². The number of benzene rings is 4. The van der Waals surface area contributed by atoms with Gasteiger partial charge in [-0.2, -0.15) is 0 Å². The molecule has 0 spiro atoms. The summed E-state index contributed by atoms with van der Waals surface area (Å²) < 4.78 is 0. The van der Waals surface area contributed by atoms with Crippen LogP contribution in [0.4, 0.5) is 5.69 Å². The minimum Gasteiger partial charge on any atom is -0.394 e. The lowest BCUT2D eigenvalue weighted by Gasteiger charge is -2.25. The molecule has 0 aromatic heterocycles. The lowest BCUT2D eigenvalue weighted by atomic mass is 9.93. The summed E-state index contributed by atoms with van der Waals surface area (Å²) >= 11 is 0. The van der Waals surface area contributed by atoms with Gasteiger partial charge in [0.2, 0.25) is 0 Å². The van der Waals surface area contributed by atoms with Crippen molar-refractivity contribution in [2.75, 3.05) is 24.6 Å². The van der Waals surface area contributed by atoms with E-state index >= 15 is 0 Å². The van der Waals surface area contributed by atoms with Crippen LogP contribution in [0.5, 0.6) is 0 Å². The van der Waals surface area contributed by atoms with E-state index in [4.69, 9.17) is 5.11 Å². The van der Waals surface area contributed by atoms with Gasteiger partial charge in [0.05, 0.1) is 18.8 Å². The summed E-state index contributed by atoms with van der Waals surface area (Å²) in [4.78, 5) is 2.06. The molecule has 144 valence electrons. The normalized spacial score (nSPS) is 22.5. The van der Waals surface area contributed by atoms with Crippen LogP contribution in [0.1, 0.15) is 0 Å². The Morgan fingerprint density at radius 2 is 1.50 bits per heavy atom. The molecule has 1 fully saturated rings. The first-order valence-electron chi connectivity index (χ1n) is 9.65. The first kappa shape index (κ1) is 17.6. The third-order valence-electron chi connectivity index (χ3n) is 6.20. The maximum absolute atomic E-state index is 10.5. The van der Waals surface area contributed by atoms with Crippen LogP contribution < -0.4 is 4.90 Å². The minimum absolute atomic E-state index is 0.379. The topological polar surface area (TPSA) is 84.2 Å². The summed E-state index contributed by atoms with van der Waals surface area (Å²) in [6.45, 7) is 0.274. The molecule has 1 heterocycles. The highest BCUT2D eigenvalue weighted by Crippen LogP contribution is 2.40. The molecular formula is C23H23NO4. The van der Waals surface area contributed by atoms with Crippen molar-refractivity contribution < 1.29 is 20.4 Å². The molecule has 5 rings (SSSR count). The van der Waals surface area contributed by atoms with Crippen molar-refractivity contribution in [1.29, 1.82) is 0 Å². The van der Waals surface area contributed by atoms with Gasteiger partial charge in [0.25, 0.3) is 0 Å². The SMILES string of the molecule is OC[C@@H](O)[C@@H](O)[C@H]1CN(c2ccc3ccc4cccc5ccc2c3c45)C[C@@H]1O. The minimum atomic E-state index is -1.25. The summed E-state index contributed by atoms with van der Waals surface area (Å²) in [7, 11) is 0. The van der Waals surface area contributed by atoms with Crippen LogP contribution >= 0.6 is 0 Å². The molecule has 1 saturated heterocycles. The molecule has 4 atom stereocenters. The fourth-order valence-corrected chi connectivity index (χ4v) is 4.73. The third-order valence-corrected chi connectivity index (χ3v) is 6.20. The standard InChI is InChI=1S/C23H23NO4/c25-12-20(27)23(28)17-10-24(11-19(17)26)18-9-7-15-5-4-13-2-1-3-14-6-8-16(18)22(15)21(13)14/h1-9,17,19-20,23,25-28H,10-12H2/t17-,19-,20+,23-/m0/s1. The zero-order chi connectivity index (χ0) is 19.4. The van der Waals surface area contributed by atoms with Gasteiger partial charge in [0.1, 0.15) is 6.10 Å². The Labute approximate surface area is 162 Å². The number of hydrogen-bond acceptors (Lipinski definition) is 5. The highest BCUT2D eigenvalue weighted by molar-refractivity contribution is 6.25. The summed E-state index contributed by atoms with van der Waals surface area (Å²) in [5, 5.41) is 46.8. The molecule has 5 nitrogen and oxygen atoms in total. The van der Waals surface area contributed by atoms with Crippen molar-refractivity contribution >= 4 is 38.0 Å². The van der Waals surface area contributed by atoms with Gasteiger partial charge in [-0.1, -0.05) is 48.5 Å². The molecule has 5 heteroatoms. The maximum atomic E-state index is 10.5. The van der Waals surface area contributed by atoms with E-state index in [9.17, 15) is 15.3 Å². The van der Waals surface area contributed by atoms with Crippen molar-refractivity contribution in [1.82, 2.24) is 0 Å². The fourth-order valence-electron chi connectivity index (χ4n) is 4.73. The van der Waals surface area contributed by atoms with E-state index in [1.807, 2.05) is 0 Å². The van der Waals surface area contributed by atoms with Gasteiger partial charge in [-0.15, -0.1) is 0 Å². The Kier molecular flexibility index (Phi) is 4.14. The number of rotatable bonds is 4. The monoisotopic (exact) mass is 377 g/mol. The van der Waals surface area contributed by atoms with E-state index in [1.165, 1.54) is 26.9 Å². The molecule has 1 aliphatic heterocycles. The molecular weight excluding hydrogens is 354 g/mol. The second-order valence-electron chi connectivity index (χ2n) is 7.82. The first-order valence-corrected chi connectivity index (χ1v) is 9.65. The fraction of sp³-hybridized carbons (Fsp3) is 0.304. The molecule has 4 N–H and O–H groups in total. The number of β-amino-alcohol motifs (C(OH)–C–C–N with tert-alkyl or cyclic N) is 1. The van der Waals surface area contributed by atoms with E-state index in [0.29, 0.717) is 13.1 Å². The molecule has 1 aliphatic rings. The third kappa shape index (κ3) is 2.55. The van der Waals surface area contributed by atoms with Crippen LogP contribution in [0.25, 0.3) is 32.3 Å². The van der Waals surface area contributed by atoms with E-state index in [0.717, 1.165) is 11.1 Å². The van der Waals surface area contributed by atoms with Crippen molar-refractivity contribution in [3.05, 3.63) is 54.6 Å². The predicted molar refractivity (Wildman–Crippen MR) is 111 cm³/mol. The van der Waals surface area contributed by atoms with Crippen LogP contribution in [0.3, 0.4) is 0 Å². The van der Waals surface area contributed by atoms with Gasteiger partial charge in [0.15, 0.2) is 0 Å². The van der Waals surface area contributed by atoms with Gasteiger partial charge in [0, 0.05) is 30.1 Å². The Balaban J connectivity index is 1.62. The predicted octanol–water partition coefficient (Wildman–Crippen LogP) is 2.10. The Bertz CT molecular complexity index is 1130. The summed E-state index contributed by atoms with van der Waals surface area (Å²) in [6, 6.07) is 19.0. The van der Waals surface area contributed by atoms with Crippen LogP contribution in [-0.4, -0.2) is 58.4 Å². The first-order chi connectivity index (χ1) is 13.6. The highest BCUT2D eigenvalue weighted by Gasteiger charge is 2.39. The second kappa shape index (κ2) is 6.57. The van der Waals surface area contributed by atoms with Crippen molar-refractivity contribution in [2.45, 2.75) is 18.3 Å². The number of aliphatic hydroxyl groups is 4. The summed E-state index contributed by atoms with van der Waals surface area (Å²) in [5.41, 5.74) is 1.01. The quantitative estimate of drug-likeness (QED) is 0.410. The van der Waals surface area contributed by atoms with E-state index in [1.54, 1.807) is 0 Å². The number of hydrogen-bond donors (Lipinski definition) is 4. The van der Waals surface area contributed by atoms with Gasteiger partial charge in [-0.05, 0) is 33.0 Å². The molecule has 4 aromatic rings. The number of aliphatic hydroxyl groups excluding tert-OH is 4. The average molecular weight is 377 g/mol. The van der Waals surface area contributed by atoms with Gasteiger partial charge in [-0.3, -0.25) is 0 Å². The Morgan fingerprint density at radius 1 is 0.857 bits per heavy atom. The number of anilines is 1. The largest absolute Gasteiger partial charge is 0.394 e. The van der Waals surface area contributed by atoms with Crippen molar-refractivity contribution in [2.24, 2.45) is 5.92 Å². The van der Waals surface area contributed by atoms with Gasteiger partial charge < -0.3 is 25.3 Å². The summed E-state index contributed by atoms with van der Waals surface area (Å²) in [6.07, 6.45) is -3.18. The second-order valence-corrected chi connectivity index (χ2v) is 7.82. The molecule has 0 radical (unpaired) electrons. The smallest absolute Gasteiger partial charge is 0.103 e. The zero-order valence-corrected chi connectivity index (χ0v) is 15.4. The Hall–Kier alpha value is -2.44. The molecule has 0 amide bonds. The number of nitrogens with zero attached hydrogens (tertiary/aromatic N) is 1. The maximum Gasteiger partial charge on any atom is 0.103 e. The van der Waals surface area contributed by atoms with E-state index < -0.39 is 30.8 Å². The van der Waals surface area contributed by atoms with Gasteiger partial charge in [-0.25, -0.2) is 0 Å². The van der Waals surface area contributed by atoms with Crippen molar-refractivity contribution in [3.63, 3.8) is 0 Å². The van der Waals surface area contributed by atoms with E-state index in [2.05, 4.69) is 59.5 Å². The highest BCUT2D eigenvalue weighted by atomic mass is 16.4. The summed E-state index contributed by atoms with van der Waals surface area (Å²) in [5.74, 6) is -0.513.